The van der Waals surface area contributed by atoms with E-state index in [1.165, 1.54) is 5.56 Å². The highest BCUT2D eigenvalue weighted by Gasteiger charge is 2.26. The summed E-state index contributed by atoms with van der Waals surface area (Å²) in [6.07, 6.45) is 4.13. The SMILES string of the molecule is Cc1cc2c(cc1-c1n(C)cc[n+]1C)oc1cc(-c3nc(C(C)(C)C)nc(C(C)(C)C)n3)ccc12. The Morgan fingerprint density at radius 3 is 2.03 bits per heavy atom. The lowest BCUT2D eigenvalue weighted by Gasteiger charge is -2.22. The summed E-state index contributed by atoms with van der Waals surface area (Å²) in [7, 11) is 4.13. The quantitative estimate of drug-likeness (QED) is 0.291. The first-order valence-electron chi connectivity index (χ1n) is 12.1. The zero-order chi connectivity index (χ0) is 25.3. The Labute approximate surface area is 206 Å². The van der Waals surface area contributed by atoms with Crippen molar-refractivity contribution in [3.05, 3.63) is 59.9 Å². The van der Waals surface area contributed by atoms with Crippen molar-refractivity contribution in [1.82, 2.24) is 19.5 Å². The fourth-order valence-electron chi connectivity index (χ4n) is 4.46. The summed E-state index contributed by atoms with van der Waals surface area (Å²) in [5.74, 6) is 3.42. The predicted molar refractivity (Wildman–Crippen MR) is 140 cm³/mol. The number of rotatable bonds is 2. The van der Waals surface area contributed by atoms with Gasteiger partial charge in [-0.25, -0.2) is 24.1 Å². The minimum atomic E-state index is -0.178. The van der Waals surface area contributed by atoms with Gasteiger partial charge in [-0.15, -0.1) is 0 Å². The Morgan fingerprint density at radius 2 is 1.46 bits per heavy atom. The van der Waals surface area contributed by atoms with Crippen LogP contribution in [0.5, 0.6) is 0 Å². The van der Waals surface area contributed by atoms with Crippen molar-refractivity contribution in [2.45, 2.75) is 59.3 Å². The highest BCUT2D eigenvalue weighted by molar-refractivity contribution is 6.07. The van der Waals surface area contributed by atoms with Crippen molar-refractivity contribution in [3.8, 4) is 22.8 Å². The van der Waals surface area contributed by atoms with E-state index in [9.17, 15) is 0 Å². The average molecular weight is 469 g/mol. The van der Waals surface area contributed by atoms with Crippen molar-refractivity contribution >= 4 is 21.9 Å². The maximum absolute atomic E-state index is 6.39. The summed E-state index contributed by atoms with van der Waals surface area (Å²) in [5, 5.41) is 2.21. The van der Waals surface area contributed by atoms with Crippen LogP contribution in [0.2, 0.25) is 0 Å². The number of benzene rings is 2. The molecular formula is C29H34N5O+. The largest absolute Gasteiger partial charge is 0.456 e. The third-order valence-electron chi connectivity index (χ3n) is 6.48. The molecule has 180 valence electrons. The van der Waals surface area contributed by atoms with Gasteiger partial charge in [0, 0.05) is 27.2 Å². The van der Waals surface area contributed by atoms with Crippen molar-refractivity contribution in [2.75, 3.05) is 0 Å². The van der Waals surface area contributed by atoms with Gasteiger partial charge in [0.2, 0.25) is 0 Å². The van der Waals surface area contributed by atoms with Gasteiger partial charge in [0.05, 0.1) is 19.7 Å². The zero-order valence-corrected chi connectivity index (χ0v) is 22.2. The van der Waals surface area contributed by atoms with Crippen LogP contribution in [0.1, 0.15) is 58.8 Å². The molecule has 0 fully saturated rings. The molecule has 6 nitrogen and oxygen atoms in total. The number of hydrogen-bond donors (Lipinski definition) is 0. The lowest BCUT2D eigenvalue weighted by molar-refractivity contribution is -0.659. The molecule has 0 aliphatic heterocycles. The summed E-state index contributed by atoms with van der Waals surface area (Å²) >= 11 is 0. The van der Waals surface area contributed by atoms with E-state index in [1.807, 2.05) is 0 Å². The summed E-state index contributed by atoms with van der Waals surface area (Å²) in [6, 6.07) is 10.6. The Bertz CT molecular complexity index is 1540. The first-order valence-corrected chi connectivity index (χ1v) is 12.1. The zero-order valence-electron chi connectivity index (χ0n) is 22.2. The van der Waals surface area contributed by atoms with Gasteiger partial charge in [-0.3, -0.25) is 0 Å². The maximum atomic E-state index is 6.39. The van der Waals surface area contributed by atoms with Gasteiger partial charge in [0.1, 0.15) is 35.2 Å². The second-order valence-electron chi connectivity index (χ2n) is 11.6. The molecule has 5 rings (SSSR count). The van der Waals surface area contributed by atoms with Crippen LogP contribution in [0.3, 0.4) is 0 Å². The Hall–Kier alpha value is -3.54. The smallest absolute Gasteiger partial charge is 0.288 e. The van der Waals surface area contributed by atoms with Crippen molar-refractivity contribution < 1.29 is 8.98 Å². The molecule has 0 N–H and O–H groups in total. The van der Waals surface area contributed by atoms with Crippen LogP contribution in [0.15, 0.2) is 47.1 Å². The molecule has 6 heteroatoms. The van der Waals surface area contributed by atoms with Crippen LogP contribution >= 0.6 is 0 Å². The molecule has 5 aromatic rings. The fourth-order valence-corrected chi connectivity index (χ4v) is 4.46. The molecule has 0 atom stereocenters. The Kier molecular flexibility index (Phi) is 5.13. The Morgan fingerprint density at radius 1 is 0.829 bits per heavy atom. The van der Waals surface area contributed by atoms with Gasteiger partial charge in [0.25, 0.3) is 5.82 Å². The van der Waals surface area contributed by atoms with Crippen LogP contribution in [0, 0.1) is 6.92 Å². The van der Waals surface area contributed by atoms with E-state index in [0.717, 1.165) is 50.5 Å². The fraction of sp³-hybridized carbons (Fsp3) is 0.379. The van der Waals surface area contributed by atoms with Gasteiger partial charge in [-0.1, -0.05) is 47.6 Å². The first kappa shape index (κ1) is 23.2. The number of aryl methyl sites for hydroxylation is 3. The molecule has 0 bridgehead atoms. The van der Waals surface area contributed by atoms with E-state index in [2.05, 4.69) is 114 Å². The van der Waals surface area contributed by atoms with E-state index in [-0.39, 0.29) is 10.8 Å². The normalized spacial score (nSPS) is 12.7. The summed E-state index contributed by atoms with van der Waals surface area (Å²) in [5.41, 5.74) is 4.66. The van der Waals surface area contributed by atoms with Crippen LogP contribution in [0.25, 0.3) is 44.7 Å². The molecule has 0 aliphatic rings. The second kappa shape index (κ2) is 7.74. The summed E-state index contributed by atoms with van der Waals surface area (Å²) < 4.78 is 10.7. The second-order valence-corrected chi connectivity index (χ2v) is 11.6. The molecule has 2 aromatic carbocycles. The predicted octanol–water partition coefficient (Wildman–Crippen LogP) is 6.17. The molecule has 0 saturated carbocycles. The number of nitrogens with zero attached hydrogens (tertiary/aromatic N) is 5. The maximum Gasteiger partial charge on any atom is 0.288 e. The van der Waals surface area contributed by atoms with Crippen LogP contribution < -0.4 is 4.57 Å². The van der Waals surface area contributed by atoms with Gasteiger partial charge in [-0.2, -0.15) is 0 Å². The number of fused-ring (bicyclic) bond motifs is 3. The van der Waals surface area contributed by atoms with Gasteiger partial charge in [0.15, 0.2) is 5.82 Å². The molecule has 0 spiro atoms. The molecule has 0 amide bonds. The van der Waals surface area contributed by atoms with Crippen LogP contribution in [0.4, 0.5) is 0 Å². The highest BCUT2D eigenvalue weighted by atomic mass is 16.3. The van der Waals surface area contributed by atoms with Crippen LogP contribution in [-0.2, 0) is 24.9 Å². The standard InChI is InChI=1S/C29H34N5O/c1-17-14-21-19-11-10-18(24-30-26(28(2,3)4)32-27(31-24)29(5,6)7)15-22(19)35-23(21)16-20(17)25-33(8)12-13-34(25)9/h10-16H,1-9H3/q+1. The van der Waals surface area contributed by atoms with E-state index < -0.39 is 0 Å². The van der Waals surface area contributed by atoms with E-state index >= 15 is 0 Å². The van der Waals surface area contributed by atoms with E-state index in [1.54, 1.807) is 0 Å². The number of imidazole rings is 1. The molecule has 3 aromatic heterocycles. The monoisotopic (exact) mass is 468 g/mol. The molecule has 0 radical (unpaired) electrons. The molecule has 35 heavy (non-hydrogen) atoms. The Balaban J connectivity index is 1.68. The topological polar surface area (TPSA) is 60.6 Å². The molecule has 0 saturated heterocycles. The van der Waals surface area contributed by atoms with Gasteiger partial charge < -0.3 is 4.42 Å². The summed E-state index contributed by atoms with van der Waals surface area (Å²) in [4.78, 5) is 14.5. The summed E-state index contributed by atoms with van der Waals surface area (Å²) in [6.45, 7) is 15.0. The van der Waals surface area contributed by atoms with Crippen molar-refractivity contribution in [3.63, 3.8) is 0 Å². The lowest BCUT2D eigenvalue weighted by atomic mass is 9.93. The number of furan rings is 1. The minimum absolute atomic E-state index is 0.178. The van der Waals surface area contributed by atoms with E-state index in [4.69, 9.17) is 19.4 Å². The third kappa shape index (κ3) is 4.01. The molecule has 3 heterocycles. The highest BCUT2D eigenvalue weighted by Crippen LogP contribution is 2.36. The third-order valence-corrected chi connectivity index (χ3v) is 6.48. The first-order chi connectivity index (χ1) is 16.3. The lowest BCUT2D eigenvalue weighted by Crippen LogP contribution is -2.29. The van der Waals surface area contributed by atoms with Gasteiger partial charge >= 0.3 is 0 Å². The number of aromatic nitrogens is 5. The molecule has 0 unspecified atom stereocenters. The van der Waals surface area contributed by atoms with Gasteiger partial charge in [-0.05, 0) is 36.8 Å². The molecule has 0 aliphatic carbocycles. The minimum Gasteiger partial charge on any atom is -0.456 e. The van der Waals surface area contributed by atoms with Crippen molar-refractivity contribution in [1.29, 1.82) is 0 Å². The number of hydrogen-bond acceptors (Lipinski definition) is 4. The van der Waals surface area contributed by atoms with Crippen LogP contribution in [-0.4, -0.2) is 19.5 Å². The molecular weight excluding hydrogens is 434 g/mol. The van der Waals surface area contributed by atoms with Crippen molar-refractivity contribution in [2.24, 2.45) is 14.1 Å². The average Bonchev–Trinajstić information content (AvgIpc) is 3.29. The van der Waals surface area contributed by atoms with E-state index in [0.29, 0.717) is 5.82 Å².